The molecule has 2 atom stereocenters. The highest BCUT2D eigenvalue weighted by Crippen LogP contribution is 2.41. The summed E-state index contributed by atoms with van der Waals surface area (Å²) in [4.78, 5) is 57.9. The van der Waals surface area contributed by atoms with Gasteiger partial charge in [-0.1, -0.05) is 42.5 Å². The minimum Gasteiger partial charge on any atom is -0.445 e. The lowest BCUT2D eigenvalue weighted by molar-refractivity contribution is 0.0972. The number of halogens is 4. The third kappa shape index (κ3) is 14.7. The number of carbonyl (C=O) groups is 3. The van der Waals surface area contributed by atoms with Gasteiger partial charge in [-0.2, -0.15) is 25.6 Å². The Labute approximate surface area is 434 Å². The molecule has 2 aliphatic heterocycles. The van der Waals surface area contributed by atoms with Crippen LogP contribution in [0.5, 0.6) is 0 Å². The number of rotatable bonds is 17. The van der Waals surface area contributed by atoms with Crippen LogP contribution in [0.4, 0.5) is 25.2 Å². The monoisotopic (exact) mass is 1160 g/mol. The van der Waals surface area contributed by atoms with E-state index in [1.54, 1.807) is 12.1 Å². The van der Waals surface area contributed by atoms with Gasteiger partial charge in [-0.05, 0) is 171 Å². The summed E-state index contributed by atoms with van der Waals surface area (Å²) in [5.41, 5.74) is 6.05. The van der Waals surface area contributed by atoms with E-state index in [9.17, 15) is 40.0 Å². The molecule has 18 nitrogen and oxygen atoms in total. The highest BCUT2D eigenvalue weighted by Gasteiger charge is 2.42. The van der Waals surface area contributed by atoms with Gasteiger partial charge in [0.2, 0.25) is 11.9 Å². The maximum Gasteiger partial charge on any atom is 0.407 e. The van der Waals surface area contributed by atoms with Crippen LogP contribution in [-0.4, -0.2) is 91.9 Å². The average molecular weight is 1160 g/mol. The third-order valence-electron chi connectivity index (χ3n) is 12.1. The van der Waals surface area contributed by atoms with Crippen LogP contribution >= 0.6 is 31.9 Å². The summed E-state index contributed by atoms with van der Waals surface area (Å²) < 4.78 is 87.6. The van der Waals surface area contributed by atoms with E-state index in [0.717, 1.165) is 68.4 Å². The fourth-order valence-corrected chi connectivity index (χ4v) is 11.3. The molecule has 386 valence electrons. The van der Waals surface area contributed by atoms with Crippen LogP contribution in [0, 0.1) is 23.7 Å². The molecule has 0 aliphatic carbocycles. The van der Waals surface area contributed by atoms with Crippen molar-refractivity contribution < 1.29 is 44.7 Å². The number of alkyl carbamates (subject to hydrolysis) is 1. The number of amides is 3. The van der Waals surface area contributed by atoms with Crippen LogP contribution in [0.1, 0.15) is 92.5 Å². The first kappa shape index (κ1) is 55.6. The van der Waals surface area contributed by atoms with Crippen molar-refractivity contribution in [1.82, 2.24) is 34.7 Å². The molecule has 2 fully saturated rings. The summed E-state index contributed by atoms with van der Waals surface area (Å²) in [7, 11) is -8.77. The molecule has 5 N–H and O–H groups in total. The molecule has 0 bridgehead atoms. The summed E-state index contributed by atoms with van der Waals surface area (Å²) in [5, 5.41) is 1.61. The topological polar surface area (TPSA) is 249 Å². The Morgan fingerprint density at radius 2 is 1.12 bits per heavy atom. The zero-order valence-corrected chi connectivity index (χ0v) is 44.8. The second-order valence-electron chi connectivity index (χ2n) is 18.5. The molecule has 0 unspecified atom stereocenters. The van der Waals surface area contributed by atoms with E-state index in [0.29, 0.717) is 52.9 Å². The van der Waals surface area contributed by atoms with Gasteiger partial charge in [0, 0.05) is 30.7 Å². The second kappa shape index (κ2) is 23.9. The Morgan fingerprint density at radius 1 is 0.667 bits per heavy atom. The van der Waals surface area contributed by atoms with Crippen molar-refractivity contribution in [3.63, 3.8) is 0 Å². The van der Waals surface area contributed by atoms with E-state index in [2.05, 4.69) is 71.0 Å². The molecule has 72 heavy (non-hydrogen) atoms. The van der Waals surface area contributed by atoms with Crippen LogP contribution in [-0.2, 0) is 31.4 Å². The van der Waals surface area contributed by atoms with Gasteiger partial charge < -0.3 is 25.6 Å². The number of nitrogens with zero attached hydrogens (tertiary/aromatic N) is 6. The summed E-state index contributed by atoms with van der Waals surface area (Å²) in [6.07, 6.45) is 4.64. The van der Waals surface area contributed by atoms with Gasteiger partial charge in [-0.3, -0.25) is 9.59 Å². The Balaban J connectivity index is 0.000000245. The largest absolute Gasteiger partial charge is 0.445 e. The third-order valence-corrected chi connectivity index (χ3v) is 15.4. The normalized spacial score (nSPS) is 17.1. The van der Waals surface area contributed by atoms with Gasteiger partial charge in [0.1, 0.15) is 27.4 Å². The van der Waals surface area contributed by atoms with Gasteiger partial charge >= 0.3 is 6.09 Å². The number of hydrogen-bond acceptors (Lipinski definition) is 15. The Hall–Kier alpha value is -5.69. The summed E-state index contributed by atoms with van der Waals surface area (Å²) in [5.74, 6) is -2.35. The van der Waals surface area contributed by atoms with Crippen molar-refractivity contribution in [2.24, 2.45) is 17.6 Å². The van der Waals surface area contributed by atoms with Gasteiger partial charge in [0.05, 0.1) is 11.1 Å². The molecule has 6 heterocycles. The molecule has 7 rings (SSSR count). The van der Waals surface area contributed by atoms with Gasteiger partial charge in [0.15, 0.2) is 10.1 Å². The first-order valence-corrected chi connectivity index (χ1v) is 27.5. The van der Waals surface area contributed by atoms with Crippen molar-refractivity contribution in [2.45, 2.75) is 94.0 Å². The van der Waals surface area contributed by atoms with Crippen LogP contribution in [0.25, 0.3) is 0 Å². The summed E-state index contributed by atoms with van der Waals surface area (Å²) in [6.45, 7) is 10.7. The van der Waals surface area contributed by atoms with Crippen LogP contribution in [0.2, 0.25) is 0 Å². The molecular weight excluding hydrogens is 1110 g/mol. The van der Waals surface area contributed by atoms with E-state index < -0.39 is 65.4 Å². The van der Waals surface area contributed by atoms with Crippen molar-refractivity contribution in [3.8, 4) is 0 Å². The van der Waals surface area contributed by atoms with Crippen LogP contribution in [0.15, 0.2) is 110 Å². The molecule has 2 saturated heterocycles. The predicted molar refractivity (Wildman–Crippen MR) is 273 cm³/mol. The maximum atomic E-state index is 13.5. The summed E-state index contributed by atoms with van der Waals surface area (Å²) in [6, 6.07) is 22.2. The number of aromatic nitrogens is 4. The zero-order chi connectivity index (χ0) is 52.4. The molecule has 3 amide bonds. The molecule has 5 aromatic rings. The fraction of sp³-hybridized carbons (Fsp3) is 0.396. The first-order valence-electron chi connectivity index (χ1n) is 22.9. The molecule has 1 aromatic carbocycles. The lowest BCUT2D eigenvalue weighted by atomic mass is 9.93. The van der Waals surface area contributed by atoms with Crippen molar-refractivity contribution in [1.29, 1.82) is 0 Å². The van der Waals surface area contributed by atoms with E-state index in [4.69, 9.17) is 10.5 Å². The number of carbonyl (C=O) groups excluding carboxylic acids is 3. The van der Waals surface area contributed by atoms with Crippen molar-refractivity contribution in [3.05, 3.63) is 129 Å². The van der Waals surface area contributed by atoms with E-state index >= 15 is 0 Å². The minimum atomic E-state index is -4.42. The average Bonchev–Trinajstić information content (AvgIpc) is 3.81. The second-order valence-corrected chi connectivity index (χ2v) is 23.4. The Kier molecular flexibility index (Phi) is 18.5. The molecule has 0 radical (unpaired) electrons. The van der Waals surface area contributed by atoms with E-state index in [1.165, 1.54) is 24.3 Å². The number of nitrogens with two attached hydrogens (primary N) is 1. The quantitative estimate of drug-likeness (QED) is 0.0516. The number of nitrogens with one attached hydrogen (secondary N) is 3. The molecule has 0 spiro atoms. The molecule has 0 saturated carbocycles. The van der Waals surface area contributed by atoms with Crippen molar-refractivity contribution >= 4 is 81.4 Å². The molecule has 2 aliphatic rings. The first-order chi connectivity index (χ1) is 34.0. The number of ether oxygens (including phenoxy) is 1. The standard InChI is InChI=1S/C28H31BrFN5O5S.C20H25BrFN5O3S/c1-28(2)16-20(10-7-15-31-27(37)40-18-19-8-4-3-5-9-19)17-35(28)25-21(13-14-22(29)32-25)26(36)34-41(38,39)24-12-6-11-23(30)33-24;1-20(2)11-13(5-4-10-23)12-27(20)18-14(8-9-15(21)24-18)19(28)26-31(29,30)17-7-3-6-16(22)25-17/h3-6,8-9,11-14,20H,7,10,15-18H2,1-2H3,(H,31,37)(H,34,36);3,6-9,13H,4-5,10-12,23H2,1-2H3,(H,26,28)/t20-;13-/m00/s1. The number of benzene rings is 1. The highest BCUT2D eigenvalue weighted by molar-refractivity contribution is 9.10. The zero-order valence-electron chi connectivity index (χ0n) is 39.9. The molecule has 4 aromatic heterocycles. The van der Waals surface area contributed by atoms with Crippen LogP contribution in [0.3, 0.4) is 0 Å². The van der Waals surface area contributed by atoms with Gasteiger partial charge in [-0.25, -0.2) is 34.2 Å². The highest BCUT2D eigenvalue weighted by atomic mass is 79.9. The lowest BCUT2D eigenvalue weighted by Gasteiger charge is -2.33. The maximum absolute atomic E-state index is 13.5. The smallest absolute Gasteiger partial charge is 0.407 e. The van der Waals surface area contributed by atoms with E-state index in [1.807, 2.05) is 63.4 Å². The fourth-order valence-electron chi connectivity index (χ4n) is 8.82. The number of sulfonamides is 2. The van der Waals surface area contributed by atoms with Crippen molar-refractivity contribution in [2.75, 3.05) is 36.0 Å². The molecule has 24 heteroatoms. The predicted octanol–water partition coefficient (Wildman–Crippen LogP) is 7.65. The molecular formula is C48H56Br2F2N10O8S2. The number of anilines is 2. The van der Waals surface area contributed by atoms with Gasteiger partial charge in [-0.15, -0.1) is 0 Å². The number of pyridine rings is 4. The lowest BCUT2D eigenvalue weighted by Crippen LogP contribution is -2.41. The Morgan fingerprint density at radius 3 is 1.57 bits per heavy atom. The van der Waals surface area contributed by atoms with Crippen LogP contribution < -0.4 is 30.3 Å². The SMILES string of the molecule is CC1(C)C[C@H](CCCN)CN1c1nc(Br)ccc1C(=O)NS(=O)(=O)c1cccc(F)n1.CC1(C)C[C@H](CCCNC(=O)OCc2ccccc2)CN1c1nc(Br)ccc1C(=O)NS(=O)(=O)c1cccc(F)n1. The Bertz CT molecular complexity index is 2980. The van der Waals surface area contributed by atoms with E-state index in [-0.39, 0.29) is 29.2 Å². The number of hydrogen-bond donors (Lipinski definition) is 4. The summed E-state index contributed by atoms with van der Waals surface area (Å²) >= 11 is 6.69. The minimum absolute atomic E-state index is 0.0599. The van der Waals surface area contributed by atoms with Gasteiger partial charge in [0.25, 0.3) is 31.9 Å².